The Morgan fingerprint density at radius 3 is 2.48 bits per heavy atom. The molecular formula is C21H24N2O4. The predicted octanol–water partition coefficient (Wildman–Crippen LogP) is 2.99. The van der Waals surface area contributed by atoms with Gasteiger partial charge in [-0.15, -0.1) is 0 Å². The third-order valence-electron chi connectivity index (χ3n) is 6.73. The van der Waals surface area contributed by atoms with Crippen LogP contribution in [-0.4, -0.2) is 41.5 Å². The number of nitrogens with zero attached hydrogens (tertiary/aromatic N) is 2. The number of ether oxygens (including phenoxy) is 1. The summed E-state index contributed by atoms with van der Waals surface area (Å²) in [5, 5.41) is 0. The van der Waals surface area contributed by atoms with E-state index < -0.39 is 29.4 Å². The minimum absolute atomic E-state index is 0.175. The van der Waals surface area contributed by atoms with Crippen LogP contribution >= 0.6 is 0 Å². The molecule has 4 aliphatic rings. The number of carbonyl (C=O) groups excluding carboxylic acids is 3. The van der Waals surface area contributed by atoms with Crippen molar-refractivity contribution in [3.63, 3.8) is 0 Å². The summed E-state index contributed by atoms with van der Waals surface area (Å²) in [6, 6.07) is 8.31. The van der Waals surface area contributed by atoms with Crippen LogP contribution in [0.1, 0.15) is 27.7 Å². The molecule has 0 N–H and O–H groups in total. The van der Waals surface area contributed by atoms with E-state index in [0.717, 1.165) is 5.57 Å². The Labute approximate surface area is 158 Å². The van der Waals surface area contributed by atoms with Crippen LogP contribution < -0.4 is 4.90 Å². The number of para-hydroxylation sites is 1. The van der Waals surface area contributed by atoms with E-state index >= 15 is 0 Å². The van der Waals surface area contributed by atoms with Crippen LogP contribution in [0, 0.1) is 17.3 Å². The second-order valence-corrected chi connectivity index (χ2v) is 7.76. The highest BCUT2D eigenvalue weighted by Crippen LogP contribution is 2.58. The third kappa shape index (κ3) is 2.16. The van der Waals surface area contributed by atoms with Crippen molar-refractivity contribution in [1.29, 1.82) is 0 Å². The fourth-order valence-corrected chi connectivity index (χ4v) is 5.15. The lowest BCUT2D eigenvalue weighted by Crippen LogP contribution is -2.67. The molecule has 6 nitrogen and oxygen atoms in total. The van der Waals surface area contributed by atoms with Gasteiger partial charge in [-0.2, -0.15) is 0 Å². The van der Waals surface area contributed by atoms with Crippen LogP contribution in [0.25, 0.3) is 0 Å². The van der Waals surface area contributed by atoms with Crippen LogP contribution in [0.15, 0.2) is 42.0 Å². The van der Waals surface area contributed by atoms with Crippen molar-refractivity contribution in [2.45, 2.75) is 39.8 Å². The molecule has 3 aliphatic heterocycles. The Hall–Kier alpha value is -2.63. The number of fused-ring (bicyclic) bond motifs is 1. The van der Waals surface area contributed by atoms with E-state index in [1.165, 1.54) is 4.90 Å². The van der Waals surface area contributed by atoms with Gasteiger partial charge < -0.3 is 4.74 Å². The molecule has 0 aromatic heterocycles. The summed E-state index contributed by atoms with van der Waals surface area (Å²) in [5.74, 6) is -1.46. The standard InChI is InChI=1S/C21H24N2O4/c1-5-27-20(26)22-13(3)21(4)12(2)11-15(22)16-17(21)19(25)23(18(16)24)14-9-7-6-8-10-14/h6-11,13,15-17H,5H2,1-4H3/t13-,15+,16-,17+,21+/m1/s1. The number of hydrogen-bond donors (Lipinski definition) is 0. The van der Waals surface area contributed by atoms with Crippen molar-refractivity contribution in [1.82, 2.24) is 4.90 Å². The summed E-state index contributed by atoms with van der Waals surface area (Å²) in [4.78, 5) is 42.3. The first-order chi connectivity index (χ1) is 12.8. The fraction of sp³-hybridized carbons (Fsp3) is 0.476. The number of anilines is 1. The summed E-state index contributed by atoms with van der Waals surface area (Å²) >= 11 is 0. The zero-order chi connectivity index (χ0) is 19.5. The maximum absolute atomic E-state index is 13.4. The lowest BCUT2D eigenvalue weighted by Gasteiger charge is -2.58. The van der Waals surface area contributed by atoms with Gasteiger partial charge in [-0.05, 0) is 32.9 Å². The zero-order valence-electron chi connectivity index (χ0n) is 16.0. The molecule has 1 aliphatic carbocycles. The monoisotopic (exact) mass is 368 g/mol. The first-order valence-electron chi connectivity index (χ1n) is 9.40. The highest BCUT2D eigenvalue weighted by molar-refractivity contribution is 6.23. The lowest BCUT2D eigenvalue weighted by molar-refractivity contribution is -0.136. The van der Waals surface area contributed by atoms with E-state index in [1.807, 2.05) is 45.0 Å². The second kappa shape index (κ2) is 5.94. The second-order valence-electron chi connectivity index (χ2n) is 7.76. The van der Waals surface area contributed by atoms with Gasteiger partial charge in [-0.1, -0.05) is 36.8 Å². The molecule has 0 saturated carbocycles. The van der Waals surface area contributed by atoms with Gasteiger partial charge in [0.05, 0.1) is 30.2 Å². The highest BCUT2D eigenvalue weighted by Gasteiger charge is 2.68. The van der Waals surface area contributed by atoms with Crippen LogP contribution in [0.2, 0.25) is 0 Å². The number of benzene rings is 1. The Morgan fingerprint density at radius 2 is 1.85 bits per heavy atom. The summed E-state index contributed by atoms with van der Waals surface area (Å²) in [6.45, 7) is 7.95. The molecule has 2 fully saturated rings. The van der Waals surface area contributed by atoms with Crippen molar-refractivity contribution in [2.75, 3.05) is 11.5 Å². The molecule has 27 heavy (non-hydrogen) atoms. The Morgan fingerprint density at radius 1 is 1.19 bits per heavy atom. The van der Waals surface area contributed by atoms with Gasteiger partial charge in [0.25, 0.3) is 0 Å². The molecule has 3 heterocycles. The van der Waals surface area contributed by atoms with E-state index in [1.54, 1.807) is 24.0 Å². The van der Waals surface area contributed by atoms with Gasteiger partial charge >= 0.3 is 6.09 Å². The van der Waals surface area contributed by atoms with Crippen molar-refractivity contribution in [3.8, 4) is 0 Å². The molecule has 0 spiro atoms. The van der Waals surface area contributed by atoms with Gasteiger partial charge in [0.2, 0.25) is 11.8 Å². The fourth-order valence-electron chi connectivity index (χ4n) is 5.15. The molecule has 2 saturated heterocycles. The number of carbonyl (C=O) groups is 3. The van der Waals surface area contributed by atoms with E-state index in [-0.39, 0.29) is 24.5 Å². The summed E-state index contributed by atoms with van der Waals surface area (Å²) in [5.41, 5.74) is 1.03. The average Bonchev–Trinajstić information content (AvgIpc) is 2.91. The molecule has 1 aromatic rings. The van der Waals surface area contributed by atoms with Crippen molar-refractivity contribution >= 4 is 23.6 Å². The number of imide groups is 1. The quantitative estimate of drug-likeness (QED) is 0.595. The van der Waals surface area contributed by atoms with Gasteiger partial charge in [0.1, 0.15) is 0 Å². The molecule has 0 radical (unpaired) electrons. The third-order valence-corrected chi connectivity index (χ3v) is 6.73. The van der Waals surface area contributed by atoms with Crippen LogP contribution in [0.4, 0.5) is 10.5 Å². The van der Waals surface area contributed by atoms with Gasteiger partial charge in [-0.25, -0.2) is 9.69 Å². The van der Waals surface area contributed by atoms with Crippen molar-refractivity contribution < 1.29 is 19.1 Å². The van der Waals surface area contributed by atoms with Gasteiger partial charge in [0, 0.05) is 11.5 Å². The topological polar surface area (TPSA) is 66.9 Å². The SMILES string of the molecule is CCOC(=O)N1[C@H]2C=C(C)[C@](C)([C@@H]3C(=O)N(c4ccccc4)C(=O)[C@@H]32)[C@H]1C. The molecule has 3 amide bonds. The van der Waals surface area contributed by atoms with Crippen LogP contribution in [-0.2, 0) is 14.3 Å². The van der Waals surface area contributed by atoms with Crippen LogP contribution in [0.5, 0.6) is 0 Å². The summed E-state index contributed by atoms with van der Waals surface area (Å²) in [6.07, 6.45) is 1.54. The maximum atomic E-state index is 13.4. The van der Waals surface area contributed by atoms with E-state index in [2.05, 4.69) is 0 Å². The minimum Gasteiger partial charge on any atom is -0.450 e. The van der Waals surface area contributed by atoms with Crippen molar-refractivity contribution in [3.05, 3.63) is 42.0 Å². The molecule has 5 atom stereocenters. The lowest BCUT2D eigenvalue weighted by atomic mass is 9.54. The average molecular weight is 368 g/mol. The normalized spacial score (nSPS) is 34.6. The largest absolute Gasteiger partial charge is 0.450 e. The first-order valence-corrected chi connectivity index (χ1v) is 9.40. The predicted molar refractivity (Wildman–Crippen MR) is 99.9 cm³/mol. The summed E-state index contributed by atoms with van der Waals surface area (Å²) < 4.78 is 5.25. The Balaban J connectivity index is 1.82. The first kappa shape index (κ1) is 17.8. The van der Waals surface area contributed by atoms with Crippen LogP contribution in [0.3, 0.4) is 0 Å². The molecule has 2 bridgehead atoms. The molecule has 5 rings (SSSR count). The smallest absolute Gasteiger partial charge is 0.410 e. The molecule has 142 valence electrons. The molecule has 0 unspecified atom stereocenters. The molecular weight excluding hydrogens is 344 g/mol. The number of hydrogen-bond acceptors (Lipinski definition) is 4. The van der Waals surface area contributed by atoms with E-state index in [9.17, 15) is 14.4 Å². The Bertz CT molecular complexity index is 849. The van der Waals surface area contributed by atoms with E-state index in [0.29, 0.717) is 5.69 Å². The van der Waals surface area contributed by atoms with Gasteiger partial charge in [-0.3, -0.25) is 14.5 Å². The Kier molecular flexibility index (Phi) is 3.91. The molecule has 6 heteroatoms. The number of piperidine rings is 1. The van der Waals surface area contributed by atoms with Gasteiger partial charge in [0.15, 0.2) is 0 Å². The zero-order valence-corrected chi connectivity index (χ0v) is 16.0. The number of rotatable bonds is 2. The summed E-state index contributed by atoms with van der Waals surface area (Å²) in [7, 11) is 0. The van der Waals surface area contributed by atoms with E-state index in [4.69, 9.17) is 4.74 Å². The molecule has 1 aromatic carbocycles. The van der Waals surface area contributed by atoms with Crippen molar-refractivity contribution in [2.24, 2.45) is 17.3 Å². The number of amides is 3. The highest BCUT2D eigenvalue weighted by atomic mass is 16.6. The minimum atomic E-state index is -0.609. The maximum Gasteiger partial charge on any atom is 0.410 e.